The highest BCUT2D eigenvalue weighted by Crippen LogP contribution is 2.43. The molecule has 3 N–H and O–H groups in total. The highest BCUT2D eigenvalue weighted by Gasteiger charge is 2.49. The number of amides is 2. The number of carbonyl (C=O) groups is 1. The lowest BCUT2D eigenvalue weighted by atomic mass is 9.77. The minimum atomic E-state index is -0.759. The van der Waals surface area contributed by atoms with Gasteiger partial charge in [-0.3, -0.25) is 0 Å². The number of ether oxygens (including phenoxy) is 7. The van der Waals surface area contributed by atoms with E-state index in [0.717, 1.165) is 32.1 Å². The van der Waals surface area contributed by atoms with Crippen molar-refractivity contribution in [2.75, 3.05) is 14.2 Å². The molecule has 2 amide bonds. The minimum absolute atomic E-state index is 0.0457. The molecule has 3 aliphatic heterocycles. The second kappa shape index (κ2) is 17.2. The van der Waals surface area contributed by atoms with E-state index >= 15 is 0 Å². The zero-order chi connectivity index (χ0) is 34.2. The van der Waals surface area contributed by atoms with Crippen LogP contribution in [0.2, 0.25) is 0 Å². The lowest BCUT2D eigenvalue weighted by Crippen LogP contribution is -2.58. The molecule has 3 aliphatic rings. The summed E-state index contributed by atoms with van der Waals surface area (Å²) in [7, 11) is 3.52. The molecular weight excluding hydrogens is 590 g/mol. The molecule has 0 aromatic rings. The molecule has 11 heteroatoms. The molecule has 266 valence electrons. The van der Waals surface area contributed by atoms with Gasteiger partial charge in [-0.25, -0.2) is 10.2 Å². The Bertz CT molecular complexity index is 1010. The Morgan fingerprint density at radius 2 is 1.63 bits per heavy atom. The number of urea groups is 1. The van der Waals surface area contributed by atoms with Crippen molar-refractivity contribution in [2.24, 2.45) is 34.5 Å². The molecule has 3 heterocycles. The Morgan fingerprint density at radius 3 is 2.28 bits per heavy atom. The number of hydrazone groups is 1. The van der Waals surface area contributed by atoms with Crippen LogP contribution in [0.4, 0.5) is 4.79 Å². The van der Waals surface area contributed by atoms with Gasteiger partial charge in [-0.15, -0.1) is 0 Å². The number of carbonyl (C=O) groups excluding carboxylic acids is 1. The summed E-state index contributed by atoms with van der Waals surface area (Å²) in [5, 5.41) is 3.74. The molecule has 0 saturated carbocycles. The van der Waals surface area contributed by atoms with Gasteiger partial charge in [0.25, 0.3) is 0 Å². The van der Waals surface area contributed by atoms with Crippen LogP contribution in [0.25, 0.3) is 0 Å². The third-order valence-electron chi connectivity index (χ3n) is 10.0. The molecule has 3 fully saturated rings. The Labute approximate surface area is 277 Å². The summed E-state index contributed by atoms with van der Waals surface area (Å²) in [6.07, 6.45) is 11.0. The molecule has 11 nitrogen and oxygen atoms in total. The van der Waals surface area contributed by atoms with Crippen molar-refractivity contribution in [3.05, 3.63) is 12.2 Å². The van der Waals surface area contributed by atoms with Crippen LogP contribution in [0.5, 0.6) is 0 Å². The lowest BCUT2D eigenvalue weighted by Gasteiger charge is -2.52. The van der Waals surface area contributed by atoms with Gasteiger partial charge in [0.2, 0.25) is 0 Å². The second-order valence-corrected chi connectivity index (χ2v) is 14.7. The number of primary amides is 1. The summed E-state index contributed by atoms with van der Waals surface area (Å²) in [4.78, 5) is 10.8. The topological polar surface area (TPSA) is 132 Å². The number of hydrogen-bond acceptors (Lipinski definition) is 9. The summed E-state index contributed by atoms with van der Waals surface area (Å²) in [6.45, 7) is 19.1. The summed E-state index contributed by atoms with van der Waals surface area (Å²) in [5.41, 5.74) is 7.22. The van der Waals surface area contributed by atoms with E-state index in [-0.39, 0.29) is 66.6 Å². The fourth-order valence-electron chi connectivity index (χ4n) is 7.62. The molecule has 3 rings (SSSR count). The van der Waals surface area contributed by atoms with Gasteiger partial charge in [-0.2, -0.15) is 5.10 Å². The molecule has 0 aliphatic carbocycles. The van der Waals surface area contributed by atoms with E-state index in [1.54, 1.807) is 20.3 Å². The van der Waals surface area contributed by atoms with Gasteiger partial charge < -0.3 is 38.9 Å². The Hall–Kier alpha value is -1.60. The van der Waals surface area contributed by atoms with E-state index in [0.29, 0.717) is 12.3 Å². The van der Waals surface area contributed by atoms with Gasteiger partial charge >= 0.3 is 6.03 Å². The van der Waals surface area contributed by atoms with Gasteiger partial charge in [0.05, 0.1) is 48.8 Å². The number of nitrogens with one attached hydrogen (secondary N) is 1. The van der Waals surface area contributed by atoms with E-state index in [2.05, 4.69) is 45.1 Å². The molecule has 12 atom stereocenters. The number of rotatable bonds is 14. The predicted molar refractivity (Wildman–Crippen MR) is 178 cm³/mol. The Kier molecular flexibility index (Phi) is 14.5. The fourth-order valence-corrected chi connectivity index (χ4v) is 7.62. The molecule has 0 aromatic carbocycles. The highest BCUT2D eigenvalue weighted by molar-refractivity contribution is 5.75. The number of allylic oxidation sites excluding steroid dienone is 1. The van der Waals surface area contributed by atoms with Gasteiger partial charge in [0.15, 0.2) is 11.6 Å². The average molecular weight is 654 g/mol. The standard InChI is InChI=1S/C35H63N3O8/c1-21(15-16-26-19-27(40-10)18-22(2)42-26)31-25(5)32(46-35(8,9)45-31)24(4)30-20-29(43-34(6,7)44-30)23(3)28(41-11)14-12-13-17-37-38-33(36)39/h12-13,17,21-32H,14-16,18-20H2,1-11H3,(H3,36,38,39)/b13-12+,37-17?/t21-,22-,23+,24-,25-,26-,27+,28-,29-,30+,31-,32-/m0/s1. The van der Waals surface area contributed by atoms with Gasteiger partial charge in [0, 0.05) is 44.6 Å². The van der Waals surface area contributed by atoms with Gasteiger partial charge in [-0.1, -0.05) is 33.8 Å². The van der Waals surface area contributed by atoms with Crippen LogP contribution < -0.4 is 11.2 Å². The minimum Gasteiger partial charge on any atom is -0.381 e. The van der Waals surface area contributed by atoms with Crippen LogP contribution in [0.15, 0.2) is 17.3 Å². The highest BCUT2D eigenvalue weighted by atomic mass is 16.7. The molecule has 0 radical (unpaired) electrons. The molecule has 0 spiro atoms. The van der Waals surface area contributed by atoms with Crippen LogP contribution in [-0.2, 0) is 33.2 Å². The number of nitrogens with two attached hydrogens (primary N) is 1. The Balaban J connectivity index is 1.67. The van der Waals surface area contributed by atoms with E-state index < -0.39 is 17.6 Å². The first kappa shape index (κ1) is 38.8. The van der Waals surface area contributed by atoms with Crippen LogP contribution in [0.3, 0.4) is 0 Å². The maximum Gasteiger partial charge on any atom is 0.332 e. The quantitative estimate of drug-likeness (QED) is 0.174. The SMILES string of the molecule is CO[C@H]1C[C@H](CC[C@H](C)[C@@H]2OC(C)(C)O[C@@H]([C@@H](C)[C@H]3C[C@@H]([C@H](C)[C@H](C/C=C/C=NNC(N)=O)OC)OC(C)(C)O3)[C@H]2C)O[C@@H](C)C1. The molecular formula is C35H63N3O8. The van der Waals surface area contributed by atoms with Gasteiger partial charge in [0.1, 0.15) is 0 Å². The van der Waals surface area contributed by atoms with Crippen molar-refractivity contribution >= 4 is 12.2 Å². The van der Waals surface area contributed by atoms with E-state index in [4.69, 9.17) is 38.9 Å². The maximum atomic E-state index is 10.8. The molecule has 3 saturated heterocycles. The summed E-state index contributed by atoms with van der Waals surface area (Å²) >= 11 is 0. The monoisotopic (exact) mass is 653 g/mol. The van der Waals surface area contributed by atoms with Crippen LogP contribution in [0.1, 0.15) is 101 Å². The van der Waals surface area contributed by atoms with Crippen LogP contribution >= 0.6 is 0 Å². The largest absolute Gasteiger partial charge is 0.381 e. The normalized spacial score (nSPS) is 35.9. The first-order chi connectivity index (χ1) is 21.6. The van der Waals surface area contributed by atoms with E-state index in [1.807, 2.05) is 33.8 Å². The zero-order valence-electron chi connectivity index (χ0n) is 30.2. The average Bonchev–Trinajstić information content (AvgIpc) is 2.98. The fraction of sp³-hybridized carbons (Fsp3) is 0.886. The first-order valence-corrected chi connectivity index (χ1v) is 17.2. The van der Waals surface area contributed by atoms with Crippen molar-refractivity contribution in [3.63, 3.8) is 0 Å². The summed E-state index contributed by atoms with van der Waals surface area (Å²) < 4.78 is 44.3. The number of methoxy groups -OCH3 is 2. The van der Waals surface area contributed by atoms with Crippen molar-refractivity contribution in [1.82, 2.24) is 5.43 Å². The zero-order valence-corrected chi connectivity index (χ0v) is 30.2. The third kappa shape index (κ3) is 11.2. The summed E-state index contributed by atoms with van der Waals surface area (Å²) in [5.74, 6) is -0.770. The Morgan fingerprint density at radius 1 is 0.978 bits per heavy atom. The molecule has 0 unspecified atom stereocenters. The summed E-state index contributed by atoms with van der Waals surface area (Å²) in [6, 6.07) is -0.703. The smallest absolute Gasteiger partial charge is 0.332 e. The van der Waals surface area contributed by atoms with Crippen LogP contribution in [0, 0.1) is 23.7 Å². The third-order valence-corrected chi connectivity index (χ3v) is 10.0. The van der Waals surface area contributed by atoms with Gasteiger partial charge in [-0.05, 0) is 78.7 Å². The van der Waals surface area contributed by atoms with Crippen LogP contribution in [-0.4, -0.2) is 86.9 Å². The molecule has 46 heavy (non-hydrogen) atoms. The van der Waals surface area contributed by atoms with Crippen molar-refractivity contribution in [1.29, 1.82) is 0 Å². The predicted octanol–water partition coefficient (Wildman–Crippen LogP) is 5.94. The van der Waals surface area contributed by atoms with Crippen molar-refractivity contribution < 1.29 is 38.0 Å². The molecule has 0 bridgehead atoms. The molecule has 0 aromatic heterocycles. The van der Waals surface area contributed by atoms with Crippen molar-refractivity contribution in [2.45, 2.75) is 161 Å². The number of nitrogens with zero attached hydrogens (tertiary/aromatic N) is 1. The van der Waals surface area contributed by atoms with E-state index in [9.17, 15) is 4.79 Å². The van der Waals surface area contributed by atoms with Crippen molar-refractivity contribution in [3.8, 4) is 0 Å². The number of hydrogen-bond donors (Lipinski definition) is 2. The lowest BCUT2D eigenvalue weighted by molar-refractivity contribution is -0.357. The first-order valence-electron chi connectivity index (χ1n) is 17.2. The van der Waals surface area contributed by atoms with E-state index in [1.165, 1.54) is 6.21 Å². The second-order valence-electron chi connectivity index (χ2n) is 14.7. The maximum absolute atomic E-state index is 10.8.